The molecule has 0 aliphatic carbocycles. The van der Waals surface area contributed by atoms with Crippen molar-refractivity contribution in [2.75, 3.05) is 20.6 Å². The first-order valence-electron chi connectivity index (χ1n) is 4.96. The highest BCUT2D eigenvalue weighted by atomic mass is 35.5. The van der Waals surface area contributed by atoms with Crippen molar-refractivity contribution in [3.8, 4) is 0 Å². The van der Waals surface area contributed by atoms with E-state index in [9.17, 15) is 4.39 Å². The lowest BCUT2D eigenvalue weighted by molar-refractivity contribution is 0.499. The monoisotopic (exact) mass is 230 g/mol. The van der Waals surface area contributed by atoms with Gasteiger partial charge in [0.25, 0.3) is 0 Å². The van der Waals surface area contributed by atoms with Gasteiger partial charge in [0.05, 0.1) is 0 Å². The van der Waals surface area contributed by atoms with E-state index >= 15 is 0 Å². The van der Waals surface area contributed by atoms with Gasteiger partial charge in [0, 0.05) is 16.6 Å². The Labute approximate surface area is 94.8 Å². The summed E-state index contributed by atoms with van der Waals surface area (Å²) in [7, 11) is 3.70. The van der Waals surface area contributed by atoms with Crippen LogP contribution in [-0.2, 0) is 0 Å². The molecule has 0 heterocycles. The van der Waals surface area contributed by atoms with E-state index in [1.54, 1.807) is 12.1 Å². The van der Waals surface area contributed by atoms with Crippen molar-refractivity contribution in [1.29, 1.82) is 0 Å². The Morgan fingerprint density at radius 1 is 1.40 bits per heavy atom. The Bertz CT molecular complexity index is 317. The van der Waals surface area contributed by atoms with Gasteiger partial charge in [-0.25, -0.2) is 4.39 Å². The number of hydrogen-bond acceptors (Lipinski definition) is 2. The van der Waals surface area contributed by atoms with Crippen molar-refractivity contribution in [2.45, 2.75) is 12.5 Å². The van der Waals surface area contributed by atoms with Crippen LogP contribution in [0.2, 0.25) is 5.02 Å². The summed E-state index contributed by atoms with van der Waals surface area (Å²) >= 11 is 5.84. The first-order valence-corrected chi connectivity index (χ1v) is 5.33. The maximum Gasteiger partial charge on any atom is 0.128 e. The van der Waals surface area contributed by atoms with E-state index in [4.69, 9.17) is 11.6 Å². The summed E-state index contributed by atoms with van der Waals surface area (Å²) in [5, 5.41) is 6.69. The van der Waals surface area contributed by atoms with Crippen LogP contribution < -0.4 is 10.6 Å². The molecule has 15 heavy (non-hydrogen) atoms. The van der Waals surface area contributed by atoms with E-state index < -0.39 is 0 Å². The number of rotatable bonds is 5. The zero-order valence-electron chi connectivity index (χ0n) is 8.98. The van der Waals surface area contributed by atoms with Gasteiger partial charge in [-0.3, -0.25) is 0 Å². The van der Waals surface area contributed by atoms with Gasteiger partial charge < -0.3 is 10.6 Å². The van der Waals surface area contributed by atoms with Crippen LogP contribution in [0.25, 0.3) is 0 Å². The lowest BCUT2D eigenvalue weighted by Crippen LogP contribution is -2.22. The lowest BCUT2D eigenvalue weighted by Gasteiger charge is -2.17. The Hall–Kier alpha value is -0.640. The van der Waals surface area contributed by atoms with E-state index in [0.29, 0.717) is 10.6 Å². The number of halogens is 2. The SMILES string of the molecule is CNCCC(NC)c1cc(Cl)ccc1F. The molecule has 0 saturated carbocycles. The van der Waals surface area contributed by atoms with Crippen LogP contribution in [0.15, 0.2) is 18.2 Å². The summed E-state index contributed by atoms with van der Waals surface area (Å²) < 4.78 is 13.5. The Balaban J connectivity index is 2.85. The molecule has 1 aromatic rings. The summed E-state index contributed by atoms with van der Waals surface area (Å²) in [5.74, 6) is -0.213. The summed E-state index contributed by atoms with van der Waals surface area (Å²) in [5.41, 5.74) is 0.625. The van der Waals surface area contributed by atoms with Crippen molar-refractivity contribution in [3.05, 3.63) is 34.6 Å². The van der Waals surface area contributed by atoms with Crippen LogP contribution >= 0.6 is 11.6 Å². The molecule has 0 aliphatic heterocycles. The molecular weight excluding hydrogens is 215 g/mol. The van der Waals surface area contributed by atoms with E-state index in [2.05, 4.69) is 10.6 Å². The molecule has 1 unspecified atom stereocenters. The van der Waals surface area contributed by atoms with Crippen molar-refractivity contribution >= 4 is 11.6 Å². The molecule has 1 atom stereocenters. The molecule has 2 nitrogen and oxygen atoms in total. The second-order valence-corrected chi connectivity index (χ2v) is 3.84. The number of nitrogens with one attached hydrogen (secondary N) is 2. The van der Waals surface area contributed by atoms with Crippen LogP contribution in [0.3, 0.4) is 0 Å². The minimum Gasteiger partial charge on any atom is -0.320 e. The fourth-order valence-electron chi connectivity index (χ4n) is 1.53. The zero-order valence-corrected chi connectivity index (χ0v) is 9.74. The smallest absolute Gasteiger partial charge is 0.128 e. The minimum absolute atomic E-state index is 0.00356. The molecule has 84 valence electrons. The van der Waals surface area contributed by atoms with Crippen molar-refractivity contribution in [2.24, 2.45) is 0 Å². The maximum atomic E-state index is 13.5. The Morgan fingerprint density at radius 2 is 2.13 bits per heavy atom. The fourth-order valence-corrected chi connectivity index (χ4v) is 1.71. The first-order chi connectivity index (χ1) is 7.19. The largest absolute Gasteiger partial charge is 0.320 e. The number of benzene rings is 1. The van der Waals surface area contributed by atoms with Gasteiger partial charge in [-0.2, -0.15) is 0 Å². The molecular formula is C11H16ClFN2. The third-order valence-corrected chi connectivity index (χ3v) is 2.60. The molecule has 0 saturated heterocycles. The van der Waals surface area contributed by atoms with Crippen LogP contribution in [0, 0.1) is 5.82 Å². The average molecular weight is 231 g/mol. The summed E-state index contributed by atoms with van der Waals surface area (Å²) in [6.45, 7) is 0.831. The van der Waals surface area contributed by atoms with Gasteiger partial charge in [0.2, 0.25) is 0 Å². The van der Waals surface area contributed by atoms with Gasteiger partial charge in [0.1, 0.15) is 5.82 Å². The summed E-state index contributed by atoms with van der Waals surface area (Å²) in [6, 6.07) is 4.64. The normalized spacial score (nSPS) is 12.8. The standard InChI is InChI=1S/C11H16ClFN2/c1-14-6-5-11(15-2)9-7-8(12)3-4-10(9)13/h3-4,7,11,14-15H,5-6H2,1-2H3. The molecule has 0 spiro atoms. The highest BCUT2D eigenvalue weighted by molar-refractivity contribution is 6.30. The molecule has 0 bridgehead atoms. The number of hydrogen-bond donors (Lipinski definition) is 2. The molecule has 1 rings (SSSR count). The van der Waals surface area contributed by atoms with Gasteiger partial charge in [-0.1, -0.05) is 11.6 Å². The minimum atomic E-state index is -0.213. The second-order valence-electron chi connectivity index (χ2n) is 3.40. The molecule has 2 N–H and O–H groups in total. The summed E-state index contributed by atoms with van der Waals surface area (Å²) in [4.78, 5) is 0. The topological polar surface area (TPSA) is 24.1 Å². The van der Waals surface area contributed by atoms with Crippen molar-refractivity contribution < 1.29 is 4.39 Å². The molecule has 0 aromatic heterocycles. The van der Waals surface area contributed by atoms with E-state index in [0.717, 1.165) is 13.0 Å². The fraction of sp³-hybridized carbons (Fsp3) is 0.455. The van der Waals surface area contributed by atoms with E-state index in [1.165, 1.54) is 6.07 Å². The Kier molecular flexibility index (Phi) is 5.02. The highest BCUT2D eigenvalue weighted by Crippen LogP contribution is 2.23. The predicted molar refractivity (Wildman–Crippen MR) is 61.8 cm³/mol. The van der Waals surface area contributed by atoms with Crippen molar-refractivity contribution in [3.63, 3.8) is 0 Å². The Morgan fingerprint density at radius 3 is 2.73 bits per heavy atom. The summed E-state index contributed by atoms with van der Waals surface area (Å²) in [6.07, 6.45) is 0.824. The molecule has 1 aromatic carbocycles. The van der Waals surface area contributed by atoms with Gasteiger partial charge in [-0.15, -0.1) is 0 Å². The van der Waals surface area contributed by atoms with Gasteiger partial charge in [0.15, 0.2) is 0 Å². The third kappa shape index (κ3) is 3.45. The van der Waals surface area contributed by atoms with E-state index in [-0.39, 0.29) is 11.9 Å². The third-order valence-electron chi connectivity index (χ3n) is 2.36. The second kappa shape index (κ2) is 6.05. The van der Waals surface area contributed by atoms with Crippen LogP contribution in [0.4, 0.5) is 4.39 Å². The zero-order chi connectivity index (χ0) is 11.3. The quantitative estimate of drug-likeness (QED) is 0.812. The average Bonchev–Trinajstić information content (AvgIpc) is 2.24. The van der Waals surface area contributed by atoms with Crippen LogP contribution in [-0.4, -0.2) is 20.6 Å². The van der Waals surface area contributed by atoms with E-state index in [1.807, 2.05) is 14.1 Å². The first kappa shape index (κ1) is 12.4. The highest BCUT2D eigenvalue weighted by Gasteiger charge is 2.13. The molecule has 4 heteroatoms. The predicted octanol–water partition coefficient (Wildman–Crippen LogP) is 2.35. The van der Waals surface area contributed by atoms with Crippen LogP contribution in [0.1, 0.15) is 18.0 Å². The van der Waals surface area contributed by atoms with Crippen LogP contribution in [0.5, 0.6) is 0 Å². The molecule has 0 fully saturated rings. The van der Waals surface area contributed by atoms with Crippen molar-refractivity contribution in [1.82, 2.24) is 10.6 Å². The molecule has 0 radical (unpaired) electrons. The van der Waals surface area contributed by atoms with Gasteiger partial charge >= 0.3 is 0 Å². The maximum absolute atomic E-state index is 13.5. The lowest BCUT2D eigenvalue weighted by atomic mass is 10.0. The van der Waals surface area contributed by atoms with Gasteiger partial charge in [-0.05, 0) is 45.3 Å². The molecule has 0 aliphatic rings. The molecule has 0 amide bonds.